The van der Waals surface area contributed by atoms with Crippen molar-refractivity contribution in [2.75, 3.05) is 11.1 Å². The van der Waals surface area contributed by atoms with Gasteiger partial charge in [0.2, 0.25) is 5.91 Å². The number of hydrogen-bond acceptors (Lipinski definition) is 5. The van der Waals surface area contributed by atoms with Crippen LogP contribution in [0, 0.1) is 13.8 Å². The number of carbonyl (C=O) groups excluding carboxylic acids is 1. The lowest BCUT2D eigenvalue weighted by Gasteiger charge is -2.16. The molecule has 1 heterocycles. The molecule has 1 N–H and O–H groups in total. The maximum Gasteiger partial charge on any atom is 0.234 e. The van der Waals surface area contributed by atoms with Crippen LogP contribution in [0.4, 0.5) is 5.69 Å². The van der Waals surface area contributed by atoms with Crippen LogP contribution < -0.4 is 10.1 Å². The summed E-state index contributed by atoms with van der Waals surface area (Å²) in [6, 6.07) is 11.0. The lowest BCUT2D eigenvalue weighted by molar-refractivity contribution is -0.113. The minimum absolute atomic E-state index is 0.136. The maximum atomic E-state index is 12.4. The summed E-state index contributed by atoms with van der Waals surface area (Å²) in [7, 11) is 0. The number of thioether (sulfide) groups is 1. The van der Waals surface area contributed by atoms with Gasteiger partial charge in [-0.05, 0) is 69.2 Å². The fourth-order valence-electron chi connectivity index (χ4n) is 3.01. The van der Waals surface area contributed by atoms with Gasteiger partial charge in [-0.1, -0.05) is 41.0 Å². The highest BCUT2D eigenvalue weighted by atomic mass is 35.5. The molecular formula is C22H24Cl2N4O2S. The molecule has 3 rings (SSSR count). The number of hydrogen-bond donors (Lipinski definition) is 1. The predicted molar refractivity (Wildman–Crippen MR) is 126 cm³/mol. The minimum Gasteiger partial charge on any atom is -0.483 e. The topological polar surface area (TPSA) is 69.0 Å². The number of amides is 1. The molecule has 0 aliphatic carbocycles. The van der Waals surface area contributed by atoms with Crippen LogP contribution >= 0.6 is 35.0 Å². The zero-order chi connectivity index (χ0) is 22.5. The number of ether oxygens (including phenoxy) is 1. The Balaban J connectivity index is 1.65. The van der Waals surface area contributed by atoms with Gasteiger partial charge in [0.15, 0.2) is 17.1 Å². The molecule has 1 amide bonds. The number of aromatic nitrogens is 3. The molecule has 0 aliphatic rings. The van der Waals surface area contributed by atoms with E-state index in [0.717, 1.165) is 11.1 Å². The lowest BCUT2D eigenvalue weighted by atomic mass is 10.2. The van der Waals surface area contributed by atoms with E-state index >= 15 is 0 Å². The largest absolute Gasteiger partial charge is 0.483 e. The van der Waals surface area contributed by atoms with Crippen molar-refractivity contribution >= 4 is 46.6 Å². The molecule has 0 fully saturated rings. The zero-order valence-electron chi connectivity index (χ0n) is 17.8. The van der Waals surface area contributed by atoms with E-state index in [1.54, 1.807) is 6.07 Å². The Bertz CT molecular complexity index is 1090. The summed E-state index contributed by atoms with van der Waals surface area (Å²) in [5.41, 5.74) is 2.49. The zero-order valence-corrected chi connectivity index (χ0v) is 20.1. The Labute approximate surface area is 196 Å². The number of benzene rings is 2. The SMILES string of the molecule is CCn1c(SCC(=O)Nc2cccc(Cl)c2C)nnc1C(C)Oc1ccc(Cl)c(C)c1. The standard InChI is InChI=1S/C22H24Cl2N4O2S/c1-5-28-21(15(4)30-16-9-10-17(23)13(2)11-16)26-27-22(28)31-12-20(29)25-19-8-6-7-18(24)14(19)3/h6-11,15H,5,12H2,1-4H3,(H,25,29). The molecule has 0 aliphatic heterocycles. The molecule has 6 nitrogen and oxygen atoms in total. The van der Waals surface area contributed by atoms with Crippen LogP contribution in [-0.2, 0) is 11.3 Å². The van der Waals surface area contributed by atoms with E-state index in [2.05, 4.69) is 15.5 Å². The molecule has 31 heavy (non-hydrogen) atoms. The van der Waals surface area contributed by atoms with Crippen molar-refractivity contribution in [2.45, 2.75) is 45.5 Å². The third-order valence-electron chi connectivity index (χ3n) is 4.74. The second-order valence-corrected chi connectivity index (χ2v) is 8.76. The van der Waals surface area contributed by atoms with E-state index < -0.39 is 0 Å². The van der Waals surface area contributed by atoms with Gasteiger partial charge in [0.25, 0.3) is 0 Å². The average Bonchev–Trinajstić information content (AvgIpc) is 3.15. The number of rotatable bonds is 8. The molecular weight excluding hydrogens is 455 g/mol. The molecule has 0 saturated heterocycles. The van der Waals surface area contributed by atoms with Gasteiger partial charge in [-0.2, -0.15) is 0 Å². The molecule has 164 valence electrons. The van der Waals surface area contributed by atoms with E-state index in [1.807, 2.05) is 62.6 Å². The molecule has 9 heteroatoms. The van der Waals surface area contributed by atoms with E-state index in [1.165, 1.54) is 11.8 Å². The summed E-state index contributed by atoms with van der Waals surface area (Å²) in [6.07, 6.45) is -0.315. The summed E-state index contributed by atoms with van der Waals surface area (Å²) >= 11 is 13.5. The maximum absolute atomic E-state index is 12.4. The number of halogens is 2. The Hall–Kier alpha value is -2.22. The first-order chi connectivity index (χ1) is 14.8. The molecule has 0 bridgehead atoms. The van der Waals surface area contributed by atoms with Gasteiger partial charge < -0.3 is 14.6 Å². The molecule has 3 aromatic rings. The highest BCUT2D eigenvalue weighted by Crippen LogP contribution is 2.28. The monoisotopic (exact) mass is 478 g/mol. The number of nitrogens with one attached hydrogen (secondary N) is 1. The Morgan fingerprint density at radius 1 is 1.19 bits per heavy atom. The van der Waals surface area contributed by atoms with Crippen molar-refractivity contribution in [1.29, 1.82) is 0 Å². The van der Waals surface area contributed by atoms with Gasteiger partial charge in [-0.3, -0.25) is 4.79 Å². The summed E-state index contributed by atoms with van der Waals surface area (Å²) in [5.74, 6) is 1.48. The Kier molecular flexibility index (Phi) is 7.86. The van der Waals surface area contributed by atoms with Crippen LogP contribution in [0.25, 0.3) is 0 Å². The van der Waals surface area contributed by atoms with Crippen LogP contribution in [0.3, 0.4) is 0 Å². The summed E-state index contributed by atoms with van der Waals surface area (Å²) in [4.78, 5) is 12.4. The summed E-state index contributed by atoms with van der Waals surface area (Å²) in [6.45, 7) is 8.38. The van der Waals surface area contributed by atoms with Crippen LogP contribution in [0.2, 0.25) is 10.0 Å². The molecule has 1 atom stereocenters. The third-order valence-corrected chi connectivity index (χ3v) is 6.54. The van der Waals surface area contributed by atoms with Gasteiger partial charge in [-0.25, -0.2) is 0 Å². The quantitative estimate of drug-likeness (QED) is 0.396. The van der Waals surface area contributed by atoms with Crippen LogP contribution in [0.1, 0.15) is 36.9 Å². The summed E-state index contributed by atoms with van der Waals surface area (Å²) < 4.78 is 7.99. The molecule has 2 aromatic carbocycles. The third kappa shape index (κ3) is 5.73. The van der Waals surface area contributed by atoms with Crippen molar-refractivity contribution in [3.63, 3.8) is 0 Å². The lowest BCUT2D eigenvalue weighted by Crippen LogP contribution is -2.16. The Morgan fingerprint density at radius 3 is 2.68 bits per heavy atom. The second kappa shape index (κ2) is 10.4. The molecule has 0 saturated carbocycles. The van der Waals surface area contributed by atoms with Crippen LogP contribution in [0.15, 0.2) is 41.6 Å². The van der Waals surface area contributed by atoms with Crippen molar-refractivity contribution in [3.05, 3.63) is 63.4 Å². The predicted octanol–water partition coefficient (Wildman–Crippen LogP) is 6.09. The van der Waals surface area contributed by atoms with E-state index in [4.69, 9.17) is 27.9 Å². The first-order valence-electron chi connectivity index (χ1n) is 9.83. The normalized spacial score (nSPS) is 11.9. The van der Waals surface area contributed by atoms with E-state index in [-0.39, 0.29) is 17.8 Å². The van der Waals surface area contributed by atoms with Crippen molar-refractivity contribution in [1.82, 2.24) is 14.8 Å². The number of carbonyl (C=O) groups is 1. The fourth-order valence-corrected chi connectivity index (χ4v) is 4.11. The van der Waals surface area contributed by atoms with Crippen molar-refractivity contribution in [2.24, 2.45) is 0 Å². The van der Waals surface area contributed by atoms with Gasteiger partial charge in [-0.15, -0.1) is 10.2 Å². The average molecular weight is 479 g/mol. The van der Waals surface area contributed by atoms with Crippen molar-refractivity contribution in [3.8, 4) is 5.75 Å². The molecule has 1 unspecified atom stereocenters. The fraction of sp³-hybridized carbons (Fsp3) is 0.318. The van der Waals surface area contributed by atoms with Crippen molar-refractivity contribution < 1.29 is 9.53 Å². The highest BCUT2D eigenvalue weighted by molar-refractivity contribution is 7.99. The smallest absolute Gasteiger partial charge is 0.234 e. The number of anilines is 1. The van der Waals surface area contributed by atoms with Crippen LogP contribution in [-0.4, -0.2) is 26.4 Å². The van der Waals surface area contributed by atoms with Crippen LogP contribution in [0.5, 0.6) is 5.75 Å². The Morgan fingerprint density at radius 2 is 1.97 bits per heavy atom. The highest BCUT2D eigenvalue weighted by Gasteiger charge is 2.20. The minimum atomic E-state index is -0.315. The number of aryl methyl sites for hydroxylation is 1. The molecule has 1 aromatic heterocycles. The second-order valence-electron chi connectivity index (χ2n) is 7.01. The molecule has 0 radical (unpaired) electrons. The number of nitrogens with zero attached hydrogens (tertiary/aromatic N) is 3. The van der Waals surface area contributed by atoms with Gasteiger partial charge >= 0.3 is 0 Å². The van der Waals surface area contributed by atoms with E-state index in [0.29, 0.717) is 39.0 Å². The van der Waals surface area contributed by atoms with Gasteiger partial charge in [0.1, 0.15) is 5.75 Å². The van der Waals surface area contributed by atoms with Gasteiger partial charge in [0.05, 0.1) is 5.75 Å². The molecule has 0 spiro atoms. The summed E-state index contributed by atoms with van der Waals surface area (Å²) in [5, 5.41) is 13.4. The first-order valence-corrected chi connectivity index (χ1v) is 11.6. The first kappa shape index (κ1) is 23.4. The van der Waals surface area contributed by atoms with Gasteiger partial charge in [0, 0.05) is 22.3 Å². The van der Waals surface area contributed by atoms with E-state index in [9.17, 15) is 4.79 Å².